The van der Waals surface area contributed by atoms with E-state index in [1.165, 1.54) is 31.2 Å². The van der Waals surface area contributed by atoms with Crippen molar-refractivity contribution >= 4 is 34.1 Å². The van der Waals surface area contributed by atoms with Gasteiger partial charge >= 0.3 is 0 Å². The van der Waals surface area contributed by atoms with Gasteiger partial charge in [-0.15, -0.1) is 11.3 Å². The number of pyridine rings is 1. The summed E-state index contributed by atoms with van der Waals surface area (Å²) in [6.07, 6.45) is 3.93. The lowest BCUT2D eigenvalue weighted by molar-refractivity contribution is 1.32. The van der Waals surface area contributed by atoms with Crippen molar-refractivity contribution in [2.75, 3.05) is 0 Å². The molecule has 0 aliphatic carbocycles. The second-order valence-electron chi connectivity index (χ2n) is 5.08. The highest BCUT2D eigenvalue weighted by atomic mass is 32.2. The summed E-state index contributed by atoms with van der Waals surface area (Å²) in [7, 11) is 0. The van der Waals surface area contributed by atoms with Gasteiger partial charge in [-0.25, -0.2) is 4.98 Å². The molecule has 108 valence electrons. The van der Waals surface area contributed by atoms with Gasteiger partial charge < -0.3 is 4.98 Å². The van der Waals surface area contributed by atoms with Gasteiger partial charge in [0.25, 0.3) is 0 Å². The van der Waals surface area contributed by atoms with Crippen LogP contribution in [0.4, 0.5) is 0 Å². The molecular formula is C18H14N2S2. The number of nitrogens with zero attached hydrogens (tertiary/aromatic N) is 1. The molecule has 22 heavy (non-hydrogen) atoms. The lowest BCUT2D eigenvalue weighted by atomic mass is 9.99. The standard InChI is InChI=1S/C18H14N2S2/c1-12-5-2-3-6-13(12)14-8-9-19-18-17(14)15(11-20-18)22-16-7-4-10-21-16/h2-11H,1H3,(H,19,20). The van der Waals surface area contributed by atoms with Gasteiger partial charge in [0.1, 0.15) is 5.65 Å². The zero-order valence-electron chi connectivity index (χ0n) is 12.0. The summed E-state index contributed by atoms with van der Waals surface area (Å²) >= 11 is 3.56. The Bertz CT molecular complexity index is 923. The van der Waals surface area contributed by atoms with Crippen LogP contribution in [0.5, 0.6) is 0 Å². The van der Waals surface area contributed by atoms with E-state index in [1.807, 2.05) is 6.20 Å². The first kappa shape index (κ1) is 13.6. The molecule has 4 heteroatoms. The molecule has 1 N–H and O–H groups in total. The minimum absolute atomic E-state index is 0.944. The highest BCUT2D eigenvalue weighted by Crippen LogP contribution is 2.40. The van der Waals surface area contributed by atoms with Gasteiger partial charge in [0.05, 0.1) is 4.21 Å². The van der Waals surface area contributed by atoms with Gasteiger partial charge in [-0.1, -0.05) is 42.1 Å². The van der Waals surface area contributed by atoms with Crippen molar-refractivity contribution in [2.45, 2.75) is 16.0 Å². The van der Waals surface area contributed by atoms with Crippen LogP contribution in [-0.2, 0) is 0 Å². The predicted octanol–water partition coefficient (Wildman–Crippen LogP) is 5.75. The van der Waals surface area contributed by atoms with Gasteiger partial charge in [0.15, 0.2) is 0 Å². The zero-order valence-corrected chi connectivity index (χ0v) is 13.7. The minimum Gasteiger partial charge on any atom is -0.345 e. The van der Waals surface area contributed by atoms with Crippen molar-refractivity contribution in [1.82, 2.24) is 9.97 Å². The van der Waals surface area contributed by atoms with Crippen LogP contribution in [0.1, 0.15) is 5.56 Å². The molecule has 4 aromatic rings. The largest absolute Gasteiger partial charge is 0.345 e. The summed E-state index contributed by atoms with van der Waals surface area (Å²) in [5, 5.41) is 3.31. The number of aryl methyl sites for hydroxylation is 1. The summed E-state index contributed by atoms with van der Waals surface area (Å²) in [6.45, 7) is 2.15. The molecule has 0 radical (unpaired) electrons. The normalized spacial score (nSPS) is 11.1. The number of hydrogen-bond acceptors (Lipinski definition) is 3. The van der Waals surface area contributed by atoms with Crippen molar-refractivity contribution in [1.29, 1.82) is 0 Å². The van der Waals surface area contributed by atoms with Crippen LogP contribution >= 0.6 is 23.1 Å². The van der Waals surface area contributed by atoms with Gasteiger partial charge in [-0.05, 0) is 41.1 Å². The third-order valence-electron chi connectivity index (χ3n) is 3.68. The number of aromatic amines is 1. The van der Waals surface area contributed by atoms with E-state index in [9.17, 15) is 0 Å². The molecule has 3 aromatic heterocycles. The molecule has 0 saturated heterocycles. The van der Waals surface area contributed by atoms with Gasteiger partial charge in [-0.2, -0.15) is 0 Å². The highest BCUT2D eigenvalue weighted by molar-refractivity contribution is 8.01. The second-order valence-corrected chi connectivity index (χ2v) is 7.37. The molecule has 0 aliphatic heterocycles. The third kappa shape index (κ3) is 2.34. The Morgan fingerprint density at radius 2 is 1.95 bits per heavy atom. The van der Waals surface area contributed by atoms with E-state index >= 15 is 0 Å². The predicted molar refractivity (Wildman–Crippen MR) is 94.7 cm³/mol. The summed E-state index contributed by atoms with van der Waals surface area (Å²) in [4.78, 5) is 9.01. The van der Waals surface area contributed by atoms with E-state index in [0.717, 1.165) is 5.65 Å². The van der Waals surface area contributed by atoms with Crippen LogP contribution in [-0.4, -0.2) is 9.97 Å². The molecule has 2 nitrogen and oxygen atoms in total. The number of rotatable bonds is 3. The quantitative estimate of drug-likeness (QED) is 0.520. The van der Waals surface area contributed by atoms with Crippen molar-refractivity contribution in [3.8, 4) is 11.1 Å². The Morgan fingerprint density at radius 1 is 1.05 bits per heavy atom. The Balaban J connectivity index is 1.92. The van der Waals surface area contributed by atoms with E-state index in [4.69, 9.17) is 0 Å². The van der Waals surface area contributed by atoms with E-state index in [0.29, 0.717) is 0 Å². The summed E-state index contributed by atoms with van der Waals surface area (Å²) < 4.78 is 1.29. The summed E-state index contributed by atoms with van der Waals surface area (Å²) in [5.74, 6) is 0. The van der Waals surface area contributed by atoms with E-state index in [1.54, 1.807) is 23.1 Å². The molecule has 0 amide bonds. The number of benzene rings is 1. The van der Waals surface area contributed by atoms with Crippen LogP contribution in [0.25, 0.3) is 22.2 Å². The Hall–Kier alpha value is -2.04. The van der Waals surface area contributed by atoms with E-state index < -0.39 is 0 Å². The second kappa shape index (κ2) is 5.63. The fourth-order valence-corrected chi connectivity index (χ4v) is 4.50. The average Bonchev–Trinajstić information content (AvgIpc) is 3.18. The number of hydrogen-bond donors (Lipinski definition) is 1. The third-order valence-corrected chi connectivity index (χ3v) is 5.76. The Labute approximate surface area is 137 Å². The van der Waals surface area contributed by atoms with Gasteiger partial charge in [0.2, 0.25) is 0 Å². The van der Waals surface area contributed by atoms with Crippen LogP contribution in [0.15, 0.2) is 69.3 Å². The molecule has 0 bridgehead atoms. The average molecular weight is 322 g/mol. The molecule has 0 saturated carbocycles. The van der Waals surface area contributed by atoms with Crippen molar-refractivity contribution < 1.29 is 0 Å². The topological polar surface area (TPSA) is 28.7 Å². The van der Waals surface area contributed by atoms with Crippen LogP contribution in [0, 0.1) is 6.92 Å². The smallest absolute Gasteiger partial charge is 0.139 e. The first-order valence-corrected chi connectivity index (χ1v) is 8.76. The van der Waals surface area contributed by atoms with Crippen LogP contribution in [0.3, 0.4) is 0 Å². The first-order valence-electron chi connectivity index (χ1n) is 7.06. The number of fused-ring (bicyclic) bond motifs is 1. The maximum absolute atomic E-state index is 4.48. The molecule has 0 unspecified atom stereocenters. The molecule has 0 aliphatic rings. The molecule has 0 atom stereocenters. The maximum atomic E-state index is 4.48. The Kier molecular flexibility index (Phi) is 3.48. The van der Waals surface area contributed by atoms with E-state index in [-0.39, 0.29) is 0 Å². The lowest BCUT2D eigenvalue weighted by Gasteiger charge is -2.08. The van der Waals surface area contributed by atoms with Crippen molar-refractivity contribution in [3.05, 3.63) is 65.8 Å². The van der Waals surface area contributed by atoms with Crippen LogP contribution < -0.4 is 0 Å². The number of thiophene rings is 1. The maximum Gasteiger partial charge on any atom is 0.139 e. The SMILES string of the molecule is Cc1ccccc1-c1ccnc2[nH]cc(Sc3cccs3)c12. The molecule has 1 aromatic carbocycles. The van der Waals surface area contributed by atoms with Crippen molar-refractivity contribution in [2.24, 2.45) is 0 Å². The monoisotopic (exact) mass is 322 g/mol. The molecule has 4 rings (SSSR count). The minimum atomic E-state index is 0.944. The fraction of sp³-hybridized carbons (Fsp3) is 0.0556. The molecule has 0 fully saturated rings. The highest BCUT2D eigenvalue weighted by Gasteiger charge is 2.13. The Morgan fingerprint density at radius 3 is 2.77 bits per heavy atom. The first-order chi connectivity index (χ1) is 10.8. The van der Waals surface area contributed by atoms with E-state index in [2.05, 4.69) is 70.9 Å². The van der Waals surface area contributed by atoms with Gasteiger partial charge in [0, 0.05) is 22.7 Å². The van der Waals surface area contributed by atoms with Crippen molar-refractivity contribution in [3.63, 3.8) is 0 Å². The summed E-state index contributed by atoms with van der Waals surface area (Å²) in [6, 6.07) is 14.8. The number of aromatic nitrogens is 2. The zero-order chi connectivity index (χ0) is 14.9. The number of H-pyrrole nitrogens is 1. The molecule has 0 spiro atoms. The summed E-state index contributed by atoms with van der Waals surface area (Å²) in [5.41, 5.74) is 4.73. The number of nitrogens with one attached hydrogen (secondary N) is 1. The fourth-order valence-electron chi connectivity index (χ4n) is 2.64. The lowest BCUT2D eigenvalue weighted by Crippen LogP contribution is -1.86. The molecular weight excluding hydrogens is 308 g/mol. The van der Waals surface area contributed by atoms with Gasteiger partial charge in [-0.3, -0.25) is 0 Å². The van der Waals surface area contributed by atoms with Crippen LogP contribution in [0.2, 0.25) is 0 Å². The molecule has 3 heterocycles.